The van der Waals surface area contributed by atoms with Crippen LogP contribution in [-0.4, -0.2) is 41.0 Å². The number of aromatic nitrogens is 1. The topological polar surface area (TPSA) is 63.6 Å². The lowest BCUT2D eigenvalue weighted by atomic mass is 10.2. The SMILES string of the molecule is CCN(CC)C(=O)Cn1ccc2cc(NC(=O)c3cc4c(s3)CCOC4)ccc21. The number of rotatable bonds is 6. The molecule has 0 radical (unpaired) electrons. The smallest absolute Gasteiger partial charge is 0.265 e. The predicted octanol–water partition coefficient (Wildman–Crippen LogP) is 3.90. The van der Waals surface area contributed by atoms with Crippen LogP contribution in [0.15, 0.2) is 36.5 Å². The van der Waals surface area contributed by atoms with Crippen molar-refractivity contribution in [1.29, 1.82) is 0 Å². The molecule has 1 aliphatic rings. The summed E-state index contributed by atoms with van der Waals surface area (Å²) >= 11 is 1.55. The standard InChI is InChI=1S/C22H25N3O3S/c1-3-24(4-2)21(26)13-25-9-7-15-11-17(5-6-18(15)25)23-22(27)20-12-16-14-28-10-8-19(16)29-20/h5-7,9,11-12H,3-4,8,10,13-14H2,1-2H3,(H,23,27). The number of hydrogen-bond acceptors (Lipinski definition) is 4. The minimum absolute atomic E-state index is 0.0973. The second-order valence-electron chi connectivity index (χ2n) is 7.10. The molecule has 3 aromatic rings. The molecule has 29 heavy (non-hydrogen) atoms. The van der Waals surface area contributed by atoms with E-state index in [2.05, 4.69) is 5.32 Å². The normalized spacial score (nSPS) is 13.3. The van der Waals surface area contributed by atoms with Crippen molar-refractivity contribution in [3.63, 3.8) is 0 Å². The van der Waals surface area contributed by atoms with Gasteiger partial charge in [0.25, 0.3) is 5.91 Å². The van der Waals surface area contributed by atoms with Crippen molar-refractivity contribution < 1.29 is 14.3 Å². The summed E-state index contributed by atoms with van der Waals surface area (Å²) < 4.78 is 7.41. The van der Waals surface area contributed by atoms with Gasteiger partial charge in [-0.15, -0.1) is 11.3 Å². The fourth-order valence-electron chi connectivity index (χ4n) is 3.69. The molecule has 4 rings (SSSR count). The van der Waals surface area contributed by atoms with Crippen LogP contribution in [0, 0.1) is 0 Å². The van der Waals surface area contributed by atoms with Gasteiger partial charge in [-0.1, -0.05) is 0 Å². The zero-order valence-electron chi connectivity index (χ0n) is 16.7. The number of hydrogen-bond donors (Lipinski definition) is 1. The molecule has 0 saturated heterocycles. The first-order valence-corrected chi connectivity index (χ1v) is 10.8. The van der Waals surface area contributed by atoms with Gasteiger partial charge in [-0.25, -0.2) is 0 Å². The summed E-state index contributed by atoms with van der Waals surface area (Å²) in [4.78, 5) is 28.9. The number of ether oxygens (including phenoxy) is 1. The zero-order valence-corrected chi connectivity index (χ0v) is 17.6. The molecule has 0 spiro atoms. The molecule has 1 aliphatic heterocycles. The van der Waals surface area contributed by atoms with Crippen LogP contribution in [0.4, 0.5) is 5.69 Å². The molecule has 0 unspecified atom stereocenters. The van der Waals surface area contributed by atoms with E-state index in [9.17, 15) is 9.59 Å². The first kappa shape index (κ1) is 19.7. The third-order valence-electron chi connectivity index (χ3n) is 5.30. The van der Waals surface area contributed by atoms with E-state index in [1.54, 1.807) is 11.3 Å². The molecule has 0 bridgehead atoms. The van der Waals surface area contributed by atoms with Gasteiger partial charge in [0.05, 0.1) is 18.1 Å². The minimum atomic E-state index is -0.0973. The van der Waals surface area contributed by atoms with E-state index in [0.29, 0.717) is 31.1 Å². The van der Waals surface area contributed by atoms with Crippen molar-refractivity contribution in [2.24, 2.45) is 0 Å². The van der Waals surface area contributed by atoms with E-state index in [-0.39, 0.29) is 11.8 Å². The molecule has 0 atom stereocenters. The third-order valence-corrected chi connectivity index (χ3v) is 6.54. The Balaban J connectivity index is 1.49. The van der Waals surface area contributed by atoms with E-state index >= 15 is 0 Å². The first-order valence-electron chi connectivity index (χ1n) is 9.96. The number of anilines is 1. The lowest BCUT2D eigenvalue weighted by Crippen LogP contribution is -2.33. The Hall–Kier alpha value is -2.64. The number of amides is 2. The molecular weight excluding hydrogens is 386 g/mol. The molecular formula is C22H25N3O3S. The van der Waals surface area contributed by atoms with E-state index in [1.807, 2.05) is 59.8 Å². The highest BCUT2D eigenvalue weighted by Gasteiger charge is 2.18. The molecule has 7 heteroatoms. The second-order valence-corrected chi connectivity index (χ2v) is 8.24. The van der Waals surface area contributed by atoms with Gasteiger partial charge in [-0.3, -0.25) is 9.59 Å². The Kier molecular flexibility index (Phi) is 5.69. The lowest BCUT2D eigenvalue weighted by molar-refractivity contribution is -0.131. The maximum atomic E-state index is 12.7. The van der Waals surface area contributed by atoms with E-state index in [4.69, 9.17) is 4.74 Å². The van der Waals surface area contributed by atoms with Gasteiger partial charge in [0, 0.05) is 47.2 Å². The molecule has 0 fully saturated rings. The van der Waals surface area contributed by atoms with Gasteiger partial charge < -0.3 is 19.5 Å². The van der Waals surface area contributed by atoms with Crippen LogP contribution in [0.2, 0.25) is 0 Å². The van der Waals surface area contributed by atoms with Crippen LogP contribution in [0.5, 0.6) is 0 Å². The highest BCUT2D eigenvalue weighted by Crippen LogP contribution is 2.28. The van der Waals surface area contributed by atoms with Gasteiger partial charge in [-0.05, 0) is 49.7 Å². The van der Waals surface area contributed by atoms with Crippen molar-refractivity contribution in [2.45, 2.75) is 33.4 Å². The number of nitrogens with zero attached hydrogens (tertiary/aromatic N) is 2. The summed E-state index contributed by atoms with van der Waals surface area (Å²) in [6, 6.07) is 9.69. The van der Waals surface area contributed by atoms with Crippen molar-refractivity contribution in [2.75, 3.05) is 25.0 Å². The summed E-state index contributed by atoms with van der Waals surface area (Å²) in [5.74, 6) is 0.00964. The van der Waals surface area contributed by atoms with Crippen LogP contribution < -0.4 is 5.32 Å². The number of thiophene rings is 1. The van der Waals surface area contributed by atoms with Crippen LogP contribution in [0.1, 0.15) is 34.0 Å². The number of carbonyl (C=O) groups is 2. The molecule has 0 saturated carbocycles. The molecule has 2 aromatic heterocycles. The largest absolute Gasteiger partial charge is 0.376 e. The Bertz CT molecular complexity index is 1030. The number of carbonyl (C=O) groups excluding carboxylic acids is 2. The van der Waals surface area contributed by atoms with Crippen LogP contribution in [0.3, 0.4) is 0 Å². The summed E-state index contributed by atoms with van der Waals surface area (Å²) in [5, 5.41) is 3.99. The van der Waals surface area contributed by atoms with Crippen molar-refractivity contribution in [3.05, 3.63) is 51.8 Å². The van der Waals surface area contributed by atoms with Gasteiger partial charge in [-0.2, -0.15) is 0 Å². The maximum Gasteiger partial charge on any atom is 0.265 e. The van der Waals surface area contributed by atoms with Gasteiger partial charge in [0.1, 0.15) is 6.54 Å². The third kappa shape index (κ3) is 4.06. The fourth-order valence-corrected chi connectivity index (χ4v) is 4.73. The van der Waals surface area contributed by atoms with E-state index in [1.165, 1.54) is 4.88 Å². The molecule has 3 heterocycles. The van der Waals surface area contributed by atoms with E-state index < -0.39 is 0 Å². The number of fused-ring (bicyclic) bond motifs is 2. The predicted molar refractivity (Wildman–Crippen MR) is 115 cm³/mol. The van der Waals surface area contributed by atoms with Crippen molar-refractivity contribution >= 4 is 39.7 Å². The summed E-state index contributed by atoms with van der Waals surface area (Å²) in [7, 11) is 0. The maximum absolute atomic E-state index is 12.7. The highest BCUT2D eigenvalue weighted by molar-refractivity contribution is 7.14. The van der Waals surface area contributed by atoms with Gasteiger partial charge >= 0.3 is 0 Å². The lowest BCUT2D eigenvalue weighted by Gasteiger charge is -2.19. The van der Waals surface area contributed by atoms with Gasteiger partial charge in [0.2, 0.25) is 5.91 Å². The molecule has 2 amide bonds. The summed E-state index contributed by atoms with van der Waals surface area (Å²) in [6.07, 6.45) is 2.80. The van der Waals surface area contributed by atoms with Crippen LogP contribution in [-0.2, 0) is 29.1 Å². The molecule has 0 aliphatic carbocycles. The minimum Gasteiger partial charge on any atom is -0.376 e. The molecule has 152 valence electrons. The van der Waals surface area contributed by atoms with Crippen molar-refractivity contribution in [3.8, 4) is 0 Å². The number of likely N-dealkylation sites (N-methyl/N-ethyl adjacent to an activating group) is 1. The average molecular weight is 412 g/mol. The Morgan fingerprint density at radius 1 is 1.21 bits per heavy atom. The summed E-state index contributed by atoms with van der Waals surface area (Å²) in [6.45, 7) is 7.03. The fraction of sp³-hybridized carbons (Fsp3) is 0.364. The zero-order chi connectivity index (χ0) is 20.4. The average Bonchev–Trinajstić information content (AvgIpc) is 3.33. The molecule has 6 nitrogen and oxygen atoms in total. The molecule has 1 aromatic carbocycles. The quantitative estimate of drug-likeness (QED) is 0.669. The molecule has 1 N–H and O–H groups in total. The second kappa shape index (κ2) is 8.39. The highest BCUT2D eigenvalue weighted by atomic mass is 32.1. The number of benzene rings is 1. The Labute approximate surface area is 174 Å². The monoisotopic (exact) mass is 411 g/mol. The summed E-state index contributed by atoms with van der Waals surface area (Å²) in [5.41, 5.74) is 2.85. The van der Waals surface area contributed by atoms with Crippen LogP contribution in [0.25, 0.3) is 10.9 Å². The van der Waals surface area contributed by atoms with E-state index in [0.717, 1.165) is 35.2 Å². The van der Waals surface area contributed by atoms with Gasteiger partial charge in [0.15, 0.2) is 0 Å². The Morgan fingerprint density at radius 3 is 2.79 bits per heavy atom. The Morgan fingerprint density at radius 2 is 2.03 bits per heavy atom. The first-order chi connectivity index (χ1) is 14.1. The van der Waals surface area contributed by atoms with Crippen molar-refractivity contribution in [1.82, 2.24) is 9.47 Å². The van der Waals surface area contributed by atoms with Crippen LogP contribution >= 0.6 is 11.3 Å². The number of nitrogens with one attached hydrogen (secondary N) is 1.